The highest BCUT2D eigenvalue weighted by Crippen LogP contribution is 2.25. The van der Waals surface area contributed by atoms with Crippen molar-refractivity contribution in [1.82, 2.24) is 0 Å². The second-order valence-electron chi connectivity index (χ2n) is 9.11. The van der Waals surface area contributed by atoms with Gasteiger partial charge in [0.25, 0.3) is 0 Å². The van der Waals surface area contributed by atoms with Crippen LogP contribution in [-0.2, 0) is 5.41 Å². The standard InChI is InChI=1S/C24H33ClN2O2/c1-18-5-8-20(25)15-23(18)27-13-11-26(12-14-27)16-21(28)17-29-22-9-6-19(7-10-22)24(2,3)4/h5-10,15,21,28H,11-14,16-17H2,1-4H3/p+1/t21-/m0/s1. The average Bonchev–Trinajstić information content (AvgIpc) is 2.68. The van der Waals surface area contributed by atoms with Crippen LogP contribution in [0.1, 0.15) is 31.9 Å². The second-order valence-corrected chi connectivity index (χ2v) is 9.55. The van der Waals surface area contributed by atoms with Gasteiger partial charge in [-0.3, -0.25) is 0 Å². The molecule has 0 aromatic heterocycles. The van der Waals surface area contributed by atoms with Gasteiger partial charge in [-0.25, -0.2) is 0 Å². The summed E-state index contributed by atoms with van der Waals surface area (Å²) in [6, 6.07) is 14.3. The molecule has 0 aliphatic carbocycles. The Morgan fingerprint density at radius 3 is 2.38 bits per heavy atom. The monoisotopic (exact) mass is 417 g/mol. The van der Waals surface area contributed by atoms with E-state index in [1.165, 1.54) is 21.7 Å². The van der Waals surface area contributed by atoms with Gasteiger partial charge in [-0.15, -0.1) is 0 Å². The molecule has 3 rings (SSSR count). The molecule has 0 saturated carbocycles. The molecule has 0 unspecified atom stereocenters. The number of ether oxygens (including phenoxy) is 1. The fourth-order valence-electron chi connectivity index (χ4n) is 3.83. The van der Waals surface area contributed by atoms with Gasteiger partial charge < -0.3 is 19.6 Å². The average molecular weight is 418 g/mol. The van der Waals surface area contributed by atoms with Crippen LogP contribution in [0.3, 0.4) is 0 Å². The first kappa shape index (κ1) is 21.9. The maximum absolute atomic E-state index is 10.4. The molecule has 0 spiro atoms. The van der Waals surface area contributed by atoms with Crippen molar-refractivity contribution >= 4 is 17.3 Å². The van der Waals surface area contributed by atoms with Crippen molar-refractivity contribution in [3.63, 3.8) is 0 Å². The van der Waals surface area contributed by atoms with Crippen molar-refractivity contribution in [3.8, 4) is 5.75 Å². The van der Waals surface area contributed by atoms with Crippen molar-refractivity contribution in [2.45, 2.75) is 39.2 Å². The predicted molar refractivity (Wildman–Crippen MR) is 121 cm³/mol. The Hall–Kier alpha value is -1.75. The summed E-state index contributed by atoms with van der Waals surface area (Å²) < 4.78 is 5.81. The Morgan fingerprint density at radius 2 is 1.76 bits per heavy atom. The molecular weight excluding hydrogens is 384 g/mol. The lowest BCUT2D eigenvalue weighted by atomic mass is 9.87. The Labute approximate surface area is 180 Å². The zero-order valence-corrected chi connectivity index (χ0v) is 18.8. The summed E-state index contributed by atoms with van der Waals surface area (Å²) in [5.41, 5.74) is 3.89. The molecule has 5 heteroatoms. The zero-order chi connectivity index (χ0) is 21.0. The molecule has 1 aliphatic heterocycles. The van der Waals surface area contributed by atoms with Gasteiger partial charge in [0.15, 0.2) is 0 Å². The molecule has 158 valence electrons. The van der Waals surface area contributed by atoms with Crippen LogP contribution in [0, 0.1) is 6.92 Å². The van der Waals surface area contributed by atoms with Crippen LogP contribution in [0.2, 0.25) is 5.02 Å². The predicted octanol–water partition coefficient (Wildman–Crippen LogP) is 3.09. The van der Waals surface area contributed by atoms with E-state index in [-0.39, 0.29) is 5.41 Å². The Kier molecular flexibility index (Phi) is 7.10. The molecule has 29 heavy (non-hydrogen) atoms. The number of aliphatic hydroxyl groups excluding tert-OH is 1. The SMILES string of the molecule is Cc1ccc(Cl)cc1N1CC[NH+](C[C@H](O)COc2ccc(C(C)(C)C)cc2)CC1. The van der Waals surface area contributed by atoms with Crippen molar-refractivity contribution < 1.29 is 14.7 Å². The van der Waals surface area contributed by atoms with Crippen LogP contribution < -0.4 is 14.5 Å². The summed E-state index contributed by atoms with van der Waals surface area (Å²) in [5, 5.41) is 11.2. The summed E-state index contributed by atoms with van der Waals surface area (Å²) in [6.45, 7) is 13.7. The lowest BCUT2D eigenvalue weighted by Gasteiger charge is -2.35. The Balaban J connectivity index is 1.44. The maximum atomic E-state index is 10.4. The smallest absolute Gasteiger partial charge is 0.137 e. The molecule has 2 aromatic carbocycles. The first-order valence-corrected chi connectivity index (χ1v) is 10.9. The number of quaternary nitrogens is 1. The maximum Gasteiger partial charge on any atom is 0.137 e. The fourth-order valence-corrected chi connectivity index (χ4v) is 3.99. The largest absolute Gasteiger partial charge is 0.491 e. The third-order valence-corrected chi connectivity index (χ3v) is 5.90. The minimum absolute atomic E-state index is 0.132. The molecule has 1 fully saturated rings. The van der Waals surface area contributed by atoms with Crippen LogP contribution in [0.15, 0.2) is 42.5 Å². The van der Waals surface area contributed by atoms with Crippen molar-refractivity contribution in [1.29, 1.82) is 0 Å². The van der Waals surface area contributed by atoms with Crippen LogP contribution in [-0.4, -0.2) is 50.5 Å². The summed E-state index contributed by atoms with van der Waals surface area (Å²) in [7, 11) is 0. The quantitative estimate of drug-likeness (QED) is 0.758. The molecule has 0 bridgehead atoms. The van der Waals surface area contributed by atoms with E-state index in [2.05, 4.69) is 56.9 Å². The lowest BCUT2D eigenvalue weighted by molar-refractivity contribution is -0.903. The normalized spacial score (nSPS) is 16.7. The van der Waals surface area contributed by atoms with Gasteiger partial charge in [0.2, 0.25) is 0 Å². The number of nitrogens with one attached hydrogen (secondary N) is 1. The second kappa shape index (κ2) is 9.38. The molecule has 2 aromatic rings. The third kappa shape index (κ3) is 6.11. The highest BCUT2D eigenvalue weighted by Gasteiger charge is 2.24. The molecule has 1 heterocycles. The van der Waals surface area contributed by atoms with E-state index in [1.807, 2.05) is 18.2 Å². The van der Waals surface area contributed by atoms with E-state index in [4.69, 9.17) is 16.3 Å². The van der Waals surface area contributed by atoms with Crippen LogP contribution in [0.4, 0.5) is 5.69 Å². The highest BCUT2D eigenvalue weighted by molar-refractivity contribution is 6.30. The molecule has 2 N–H and O–H groups in total. The number of hydrogen-bond acceptors (Lipinski definition) is 3. The van der Waals surface area contributed by atoms with Gasteiger partial charge in [-0.1, -0.05) is 50.6 Å². The molecule has 4 nitrogen and oxygen atoms in total. The van der Waals surface area contributed by atoms with E-state index in [1.54, 1.807) is 0 Å². The number of aliphatic hydroxyl groups is 1. The molecule has 1 aliphatic rings. The van der Waals surface area contributed by atoms with Crippen LogP contribution in [0.25, 0.3) is 0 Å². The van der Waals surface area contributed by atoms with E-state index in [0.29, 0.717) is 13.2 Å². The number of aryl methyl sites for hydroxylation is 1. The number of anilines is 1. The van der Waals surface area contributed by atoms with Crippen molar-refractivity contribution in [2.75, 3.05) is 44.2 Å². The number of piperazine rings is 1. The summed E-state index contributed by atoms with van der Waals surface area (Å²) >= 11 is 6.17. The molecular formula is C24H34ClN2O2+. The van der Waals surface area contributed by atoms with Gasteiger partial charge in [0, 0.05) is 10.7 Å². The number of benzene rings is 2. The summed E-state index contributed by atoms with van der Waals surface area (Å²) in [4.78, 5) is 3.81. The van der Waals surface area contributed by atoms with Gasteiger partial charge in [-0.05, 0) is 47.7 Å². The zero-order valence-electron chi connectivity index (χ0n) is 18.0. The topological polar surface area (TPSA) is 37.1 Å². The molecule has 1 atom stereocenters. The van der Waals surface area contributed by atoms with E-state index >= 15 is 0 Å². The first-order chi connectivity index (χ1) is 13.7. The van der Waals surface area contributed by atoms with Crippen molar-refractivity contribution in [3.05, 3.63) is 58.6 Å². The summed E-state index contributed by atoms with van der Waals surface area (Å²) in [5.74, 6) is 0.813. The van der Waals surface area contributed by atoms with Crippen LogP contribution in [0.5, 0.6) is 5.75 Å². The first-order valence-electron chi connectivity index (χ1n) is 10.5. The fraction of sp³-hybridized carbons (Fsp3) is 0.500. The van der Waals surface area contributed by atoms with Gasteiger partial charge in [-0.2, -0.15) is 0 Å². The van der Waals surface area contributed by atoms with E-state index in [0.717, 1.165) is 37.0 Å². The molecule has 1 saturated heterocycles. The number of nitrogens with zero attached hydrogens (tertiary/aromatic N) is 1. The minimum atomic E-state index is -0.466. The van der Waals surface area contributed by atoms with Crippen molar-refractivity contribution in [2.24, 2.45) is 0 Å². The van der Waals surface area contributed by atoms with Crippen LogP contribution >= 0.6 is 11.6 Å². The minimum Gasteiger partial charge on any atom is -0.491 e. The van der Waals surface area contributed by atoms with E-state index in [9.17, 15) is 5.11 Å². The van der Waals surface area contributed by atoms with Gasteiger partial charge in [0.1, 0.15) is 25.0 Å². The number of halogens is 1. The lowest BCUT2D eigenvalue weighted by Crippen LogP contribution is -3.16. The third-order valence-electron chi connectivity index (χ3n) is 5.67. The van der Waals surface area contributed by atoms with Gasteiger partial charge >= 0.3 is 0 Å². The van der Waals surface area contributed by atoms with Gasteiger partial charge in [0.05, 0.1) is 26.2 Å². The number of hydrogen-bond donors (Lipinski definition) is 2. The summed E-state index contributed by atoms with van der Waals surface area (Å²) in [6.07, 6.45) is -0.466. The van der Waals surface area contributed by atoms with E-state index < -0.39 is 6.10 Å². The number of rotatable bonds is 6. The molecule has 0 radical (unpaired) electrons. The Morgan fingerprint density at radius 1 is 1.10 bits per heavy atom. The Bertz CT molecular complexity index is 794. The highest BCUT2D eigenvalue weighted by atomic mass is 35.5. The molecule has 0 amide bonds.